The van der Waals surface area contributed by atoms with Crippen molar-refractivity contribution in [2.45, 2.75) is 26.8 Å². The molecule has 22 heavy (non-hydrogen) atoms. The first-order valence-electron chi connectivity index (χ1n) is 7.07. The number of nitrogens with zero attached hydrogens (tertiary/aromatic N) is 1. The van der Waals surface area contributed by atoms with Crippen molar-refractivity contribution in [2.24, 2.45) is 0 Å². The number of rotatable bonds is 6. The van der Waals surface area contributed by atoms with Gasteiger partial charge in [0.15, 0.2) is 0 Å². The van der Waals surface area contributed by atoms with Crippen LogP contribution < -0.4 is 10.6 Å². The van der Waals surface area contributed by atoms with E-state index in [0.29, 0.717) is 23.6 Å². The summed E-state index contributed by atoms with van der Waals surface area (Å²) >= 11 is 0. The van der Waals surface area contributed by atoms with Crippen molar-refractivity contribution < 1.29 is 14.0 Å². The number of pyridine rings is 1. The van der Waals surface area contributed by atoms with Crippen LogP contribution in [0.1, 0.15) is 33.9 Å². The Bertz CT molecular complexity index is 650. The van der Waals surface area contributed by atoms with Crippen molar-refractivity contribution in [1.82, 2.24) is 15.6 Å². The molecule has 2 amide bonds. The number of furan rings is 1. The van der Waals surface area contributed by atoms with E-state index in [1.54, 1.807) is 32.3 Å². The van der Waals surface area contributed by atoms with Crippen LogP contribution >= 0.6 is 0 Å². The van der Waals surface area contributed by atoms with E-state index < -0.39 is 0 Å². The molecule has 6 heteroatoms. The van der Waals surface area contributed by atoms with Gasteiger partial charge in [-0.1, -0.05) is 0 Å². The van der Waals surface area contributed by atoms with Gasteiger partial charge in [0.2, 0.25) is 5.91 Å². The van der Waals surface area contributed by atoms with E-state index in [1.165, 1.54) is 0 Å². The zero-order valence-electron chi connectivity index (χ0n) is 12.7. The lowest BCUT2D eigenvalue weighted by molar-refractivity contribution is -0.121. The van der Waals surface area contributed by atoms with Crippen molar-refractivity contribution in [3.05, 3.63) is 53.2 Å². The first-order chi connectivity index (χ1) is 10.6. The molecule has 0 aliphatic carbocycles. The molecule has 0 aliphatic rings. The summed E-state index contributed by atoms with van der Waals surface area (Å²) in [5, 5.41) is 5.50. The van der Waals surface area contributed by atoms with Crippen LogP contribution in [0, 0.1) is 13.8 Å². The lowest BCUT2D eigenvalue weighted by Gasteiger charge is -2.06. The number of aryl methyl sites for hydroxylation is 2. The summed E-state index contributed by atoms with van der Waals surface area (Å²) < 4.78 is 5.31. The minimum Gasteiger partial charge on any atom is -0.466 e. The zero-order valence-corrected chi connectivity index (χ0v) is 12.7. The SMILES string of the molecule is Cc1cc(C(=O)NCCC(=O)NCc2ccncc2)c(C)o1. The molecule has 2 aromatic rings. The molecule has 0 saturated carbocycles. The Morgan fingerprint density at radius 2 is 1.91 bits per heavy atom. The topological polar surface area (TPSA) is 84.2 Å². The summed E-state index contributed by atoms with van der Waals surface area (Å²) in [5.74, 6) is 0.934. The number of carbonyl (C=O) groups excluding carboxylic acids is 2. The smallest absolute Gasteiger partial charge is 0.254 e. The van der Waals surface area contributed by atoms with Gasteiger partial charge in [0.25, 0.3) is 5.91 Å². The molecule has 0 atom stereocenters. The molecule has 0 aliphatic heterocycles. The van der Waals surface area contributed by atoms with E-state index >= 15 is 0 Å². The van der Waals surface area contributed by atoms with Crippen LogP contribution in [0.5, 0.6) is 0 Å². The zero-order chi connectivity index (χ0) is 15.9. The highest BCUT2D eigenvalue weighted by Crippen LogP contribution is 2.13. The molecule has 116 valence electrons. The summed E-state index contributed by atoms with van der Waals surface area (Å²) in [4.78, 5) is 27.6. The second kappa shape index (κ2) is 7.40. The molecular weight excluding hydrogens is 282 g/mol. The molecule has 2 aromatic heterocycles. The van der Waals surface area contributed by atoms with Gasteiger partial charge in [-0.25, -0.2) is 0 Å². The fraction of sp³-hybridized carbons (Fsp3) is 0.312. The second-order valence-electron chi connectivity index (χ2n) is 4.97. The first kappa shape index (κ1) is 15.8. The largest absolute Gasteiger partial charge is 0.466 e. The molecule has 6 nitrogen and oxygen atoms in total. The van der Waals surface area contributed by atoms with E-state index in [4.69, 9.17) is 4.42 Å². The van der Waals surface area contributed by atoms with Gasteiger partial charge in [0, 0.05) is 31.9 Å². The molecule has 0 bridgehead atoms. The third-order valence-electron chi connectivity index (χ3n) is 3.16. The number of aromatic nitrogens is 1. The van der Waals surface area contributed by atoms with Crippen molar-refractivity contribution in [3.8, 4) is 0 Å². The van der Waals surface area contributed by atoms with Crippen LogP contribution in [0.15, 0.2) is 35.0 Å². The van der Waals surface area contributed by atoms with E-state index in [-0.39, 0.29) is 24.8 Å². The number of nitrogens with one attached hydrogen (secondary N) is 2. The molecule has 0 fully saturated rings. The average molecular weight is 301 g/mol. The minimum atomic E-state index is -0.226. The number of amides is 2. The van der Waals surface area contributed by atoms with Gasteiger partial charge in [-0.05, 0) is 37.6 Å². The summed E-state index contributed by atoms with van der Waals surface area (Å²) in [7, 11) is 0. The summed E-state index contributed by atoms with van der Waals surface area (Å²) in [5.41, 5.74) is 1.49. The molecule has 2 rings (SSSR count). The van der Waals surface area contributed by atoms with Crippen LogP contribution in [0.2, 0.25) is 0 Å². The third-order valence-corrected chi connectivity index (χ3v) is 3.16. The maximum Gasteiger partial charge on any atom is 0.254 e. The Morgan fingerprint density at radius 3 is 2.55 bits per heavy atom. The monoisotopic (exact) mass is 301 g/mol. The van der Waals surface area contributed by atoms with Gasteiger partial charge in [0.1, 0.15) is 11.5 Å². The fourth-order valence-electron chi connectivity index (χ4n) is 2.03. The first-order valence-corrected chi connectivity index (χ1v) is 7.07. The lowest BCUT2D eigenvalue weighted by Crippen LogP contribution is -2.30. The number of hydrogen-bond acceptors (Lipinski definition) is 4. The van der Waals surface area contributed by atoms with Gasteiger partial charge in [0.05, 0.1) is 5.56 Å². The molecule has 0 saturated heterocycles. The molecule has 0 unspecified atom stereocenters. The molecule has 2 heterocycles. The number of carbonyl (C=O) groups is 2. The Balaban J connectivity index is 1.71. The molecule has 0 radical (unpaired) electrons. The second-order valence-corrected chi connectivity index (χ2v) is 4.97. The predicted octanol–water partition coefficient (Wildman–Crippen LogP) is 1.73. The van der Waals surface area contributed by atoms with Gasteiger partial charge < -0.3 is 15.1 Å². The van der Waals surface area contributed by atoms with Gasteiger partial charge in [-0.3, -0.25) is 14.6 Å². The van der Waals surface area contributed by atoms with E-state index in [2.05, 4.69) is 15.6 Å². The van der Waals surface area contributed by atoms with Crippen molar-refractivity contribution in [1.29, 1.82) is 0 Å². The normalized spacial score (nSPS) is 10.3. The van der Waals surface area contributed by atoms with Crippen LogP contribution in [0.25, 0.3) is 0 Å². The van der Waals surface area contributed by atoms with E-state index in [0.717, 1.165) is 5.56 Å². The summed E-state index contributed by atoms with van der Waals surface area (Å²) in [6, 6.07) is 5.37. The predicted molar refractivity (Wildman–Crippen MR) is 81.2 cm³/mol. The summed E-state index contributed by atoms with van der Waals surface area (Å²) in [6.07, 6.45) is 3.58. The third kappa shape index (κ3) is 4.44. The lowest BCUT2D eigenvalue weighted by atomic mass is 10.2. The molecular formula is C16H19N3O3. The highest BCUT2D eigenvalue weighted by atomic mass is 16.3. The Labute approximate surface area is 128 Å². The van der Waals surface area contributed by atoms with E-state index in [1.807, 2.05) is 12.1 Å². The maximum atomic E-state index is 11.9. The Morgan fingerprint density at radius 1 is 1.18 bits per heavy atom. The van der Waals surface area contributed by atoms with Crippen LogP contribution in [-0.2, 0) is 11.3 Å². The Kier molecular flexibility index (Phi) is 5.30. The summed E-state index contributed by atoms with van der Waals surface area (Å²) in [6.45, 7) is 4.26. The van der Waals surface area contributed by atoms with Crippen LogP contribution in [0.4, 0.5) is 0 Å². The van der Waals surface area contributed by atoms with Gasteiger partial charge >= 0.3 is 0 Å². The molecule has 0 spiro atoms. The van der Waals surface area contributed by atoms with Crippen LogP contribution in [0.3, 0.4) is 0 Å². The van der Waals surface area contributed by atoms with Crippen LogP contribution in [-0.4, -0.2) is 23.3 Å². The van der Waals surface area contributed by atoms with Gasteiger partial charge in [-0.15, -0.1) is 0 Å². The van der Waals surface area contributed by atoms with Crippen molar-refractivity contribution in [2.75, 3.05) is 6.54 Å². The van der Waals surface area contributed by atoms with E-state index in [9.17, 15) is 9.59 Å². The minimum absolute atomic E-state index is 0.114. The average Bonchev–Trinajstić information content (AvgIpc) is 2.85. The highest BCUT2D eigenvalue weighted by molar-refractivity contribution is 5.95. The standard InChI is InChI=1S/C16H19N3O3/c1-11-9-14(12(2)22-11)16(21)18-8-5-15(20)19-10-13-3-6-17-7-4-13/h3-4,6-7,9H,5,8,10H2,1-2H3,(H,18,21)(H,19,20). The maximum absolute atomic E-state index is 11.9. The van der Waals surface area contributed by atoms with Crippen molar-refractivity contribution >= 4 is 11.8 Å². The fourth-order valence-corrected chi connectivity index (χ4v) is 2.03. The quantitative estimate of drug-likeness (QED) is 0.851. The highest BCUT2D eigenvalue weighted by Gasteiger charge is 2.13. The number of hydrogen-bond donors (Lipinski definition) is 2. The molecule has 2 N–H and O–H groups in total. The Hall–Kier alpha value is -2.63. The van der Waals surface area contributed by atoms with Crippen molar-refractivity contribution in [3.63, 3.8) is 0 Å². The van der Waals surface area contributed by atoms with Gasteiger partial charge in [-0.2, -0.15) is 0 Å². The molecule has 0 aromatic carbocycles.